The Morgan fingerprint density at radius 1 is 0.962 bits per heavy atom. The molecule has 142 valence electrons. The molecule has 0 heterocycles. The van der Waals surface area contributed by atoms with Gasteiger partial charge in [-0.05, 0) is 62.2 Å². The molecule has 0 aliphatic heterocycles. The first kappa shape index (κ1) is 20.1. The third-order valence-electron chi connectivity index (χ3n) is 3.73. The molecular formula is C19H25NO5S. The molecule has 0 unspecified atom stereocenters. The maximum absolute atomic E-state index is 12.5. The van der Waals surface area contributed by atoms with Gasteiger partial charge in [0.15, 0.2) is 11.5 Å². The Morgan fingerprint density at radius 3 is 2.19 bits per heavy atom. The van der Waals surface area contributed by atoms with Crippen LogP contribution in [0.25, 0.3) is 0 Å². The van der Waals surface area contributed by atoms with Gasteiger partial charge in [0.2, 0.25) is 10.0 Å². The lowest BCUT2D eigenvalue weighted by Gasteiger charge is -2.15. The van der Waals surface area contributed by atoms with E-state index in [0.29, 0.717) is 17.2 Å². The number of hydrogen-bond donors (Lipinski definition) is 1. The molecular weight excluding hydrogens is 354 g/mol. The molecule has 0 aliphatic rings. The molecule has 0 fully saturated rings. The van der Waals surface area contributed by atoms with Crippen LogP contribution in [0.15, 0.2) is 41.3 Å². The minimum Gasteiger partial charge on any atom is -0.496 e. The van der Waals surface area contributed by atoms with E-state index in [-0.39, 0.29) is 17.5 Å². The van der Waals surface area contributed by atoms with Crippen molar-refractivity contribution in [1.29, 1.82) is 0 Å². The van der Waals surface area contributed by atoms with E-state index in [9.17, 15) is 8.42 Å². The molecule has 0 saturated heterocycles. The van der Waals surface area contributed by atoms with Crippen molar-refractivity contribution in [1.82, 2.24) is 4.72 Å². The van der Waals surface area contributed by atoms with E-state index in [2.05, 4.69) is 4.72 Å². The quantitative estimate of drug-likeness (QED) is 0.762. The van der Waals surface area contributed by atoms with Crippen molar-refractivity contribution in [2.45, 2.75) is 38.3 Å². The molecule has 0 bridgehead atoms. The Morgan fingerprint density at radius 2 is 1.62 bits per heavy atom. The van der Waals surface area contributed by atoms with Gasteiger partial charge in [-0.3, -0.25) is 0 Å². The molecule has 2 aromatic carbocycles. The SMILES string of the molecule is COc1ccc(S(=O)(=O)NCc2ccc(OC(C)C)c(OC)c2)cc1C. The molecule has 6 nitrogen and oxygen atoms in total. The van der Waals surface area contributed by atoms with Crippen molar-refractivity contribution in [3.05, 3.63) is 47.5 Å². The minimum atomic E-state index is -3.63. The summed E-state index contributed by atoms with van der Waals surface area (Å²) in [6.45, 7) is 5.80. The highest BCUT2D eigenvalue weighted by molar-refractivity contribution is 7.89. The molecule has 0 saturated carbocycles. The molecule has 7 heteroatoms. The fraction of sp³-hybridized carbons (Fsp3) is 0.368. The summed E-state index contributed by atoms with van der Waals surface area (Å²) in [4.78, 5) is 0.197. The Hall–Kier alpha value is -2.25. The van der Waals surface area contributed by atoms with Crippen LogP contribution in [0.4, 0.5) is 0 Å². The van der Waals surface area contributed by atoms with Crippen LogP contribution in [0.1, 0.15) is 25.0 Å². The van der Waals surface area contributed by atoms with E-state index < -0.39 is 10.0 Å². The predicted octanol–water partition coefficient (Wildman–Crippen LogP) is 3.28. The highest BCUT2D eigenvalue weighted by atomic mass is 32.2. The van der Waals surface area contributed by atoms with Crippen LogP contribution in [0.5, 0.6) is 17.2 Å². The highest BCUT2D eigenvalue weighted by Crippen LogP contribution is 2.29. The van der Waals surface area contributed by atoms with Crippen LogP contribution >= 0.6 is 0 Å². The molecule has 1 N–H and O–H groups in total. The fourth-order valence-electron chi connectivity index (χ4n) is 2.45. The van der Waals surface area contributed by atoms with Gasteiger partial charge in [0.25, 0.3) is 0 Å². The van der Waals surface area contributed by atoms with Crippen molar-refractivity contribution in [2.24, 2.45) is 0 Å². The van der Waals surface area contributed by atoms with Crippen molar-refractivity contribution in [3.63, 3.8) is 0 Å². The number of ether oxygens (including phenoxy) is 3. The maximum Gasteiger partial charge on any atom is 0.240 e. The van der Waals surface area contributed by atoms with Crippen molar-refractivity contribution in [3.8, 4) is 17.2 Å². The predicted molar refractivity (Wildman–Crippen MR) is 101 cm³/mol. The second-order valence-corrected chi connectivity index (χ2v) is 7.87. The van der Waals surface area contributed by atoms with Crippen molar-refractivity contribution < 1.29 is 22.6 Å². The van der Waals surface area contributed by atoms with Gasteiger partial charge in [0.05, 0.1) is 25.2 Å². The molecule has 0 atom stereocenters. The second kappa shape index (κ2) is 8.42. The normalized spacial score (nSPS) is 11.5. The Balaban J connectivity index is 2.15. The van der Waals surface area contributed by atoms with E-state index in [0.717, 1.165) is 11.1 Å². The first-order chi connectivity index (χ1) is 12.3. The van der Waals surface area contributed by atoms with Gasteiger partial charge in [0, 0.05) is 6.54 Å². The Labute approximate surface area is 155 Å². The van der Waals surface area contributed by atoms with Crippen LogP contribution in [0, 0.1) is 6.92 Å². The molecule has 0 aromatic heterocycles. The number of benzene rings is 2. The minimum absolute atomic E-state index is 0.0200. The first-order valence-corrected chi connectivity index (χ1v) is 9.73. The number of aryl methyl sites for hydroxylation is 1. The highest BCUT2D eigenvalue weighted by Gasteiger charge is 2.16. The van der Waals surface area contributed by atoms with Crippen LogP contribution < -0.4 is 18.9 Å². The molecule has 0 amide bonds. The van der Waals surface area contributed by atoms with E-state index in [4.69, 9.17) is 14.2 Å². The van der Waals surface area contributed by atoms with Crippen molar-refractivity contribution >= 4 is 10.0 Å². The molecule has 0 spiro atoms. The summed E-state index contributed by atoms with van der Waals surface area (Å²) in [5.41, 5.74) is 1.53. The zero-order valence-electron chi connectivity index (χ0n) is 15.7. The smallest absolute Gasteiger partial charge is 0.240 e. The average Bonchev–Trinajstić information content (AvgIpc) is 2.60. The first-order valence-electron chi connectivity index (χ1n) is 8.24. The molecule has 0 aliphatic carbocycles. The van der Waals surface area contributed by atoms with Gasteiger partial charge < -0.3 is 14.2 Å². The van der Waals surface area contributed by atoms with E-state index >= 15 is 0 Å². The maximum atomic E-state index is 12.5. The molecule has 2 aromatic rings. The number of nitrogens with one attached hydrogen (secondary N) is 1. The Bertz CT molecular complexity index is 862. The Kier molecular flexibility index (Phi) is 6.50. The van der Waals surface area contributed by atoms with Gasteiger partial charge in [-0.15, -0.1) is 0 Å². The lowest BCUT2D eigenvalue weighted by Crippen LogP contribution is -2.23. The standard InChI is InChI=1S/C19H25NO5S/c1-13(2)25-18-8-6-15(11-19(18)24-5)12-20-26(21,22)16-7-9-17(23-4)14(3)10-16/h6-11,13,20H,12H2,1-5H3. The largest absolute Gasteiger partial charge is 0.496 e. The van der Waals surface area contributed by atoms with Crippen LogP contribution in [0.2, 0.25) is 0 Å². The molecule has 26 heavy (non-hydrogen) atoms. The number of sulfonamides is 1. The number of rotatable bonds is 8. The van der Waals surface area contributed by atoms with E-state index in [1.54, 1.807) is 45.4 Å². The lowest BCUT2D eigenvalue weighted by molar-refractivity contribution is 0.230. The summed E-state index contributed by atoms with van der Waals surface area (Å²) < 4.78 is 43.8. The summed E-state index contributed by atoms with van der Waals surface area (Å²) in [5.74, 6) is 1.84. The van der Waals surface area contributed by atoms with Crippen molar-refractivity contribution in [2.75, 3.05) is 14.2 Å². The van der Waals surface area contributed by atoms with E-state index in [1.807, 2.05) is 19.9 Å². The lowest BCUT2D eigenvalue weighted by atomic mass is 10.2. The summed E-state index contributed by atoms with van der Waals surface area (Å²) in [6, 6.07) is 10.1. The summed E-state index contributed by atoms with van der Waals surface area (Å²) in [5, 5.41) is 0. The van der Waals surface area contributed by atoms with Crippen LogP contribution in [0.3, 0.4) is 0 Å². The fourth-order valence-corrected chi connectivity index (χ4v) is 3.56. The third kappa shape index (κ3) is 4.89. The molecule has 0 radical (unpaired) electrons. The van der Waals surface area contributed by atoms with Gasteiger partial charge in [0.1, 0.15) is 5.75 Å². The van der Waals surface area contributed by atoms with Crippen LogP contribution in [-0.2, 0) is 16.6 Å². The summed E-state index contributed by atoms with van der Waals surface area (Å²) >= 11 is 0. The number of methoxy groups -OCH3 is 2. The topological polar surface area (TPSA) is 73.9 Å². The van der Waals surface area contributed by atoms with Gasteiger partial charge in [-0.1, -0.05) is 6.07 Å². The number of hydrogen-bond acceptors (Lipinski definition) is 5. The van der Waals surface area contributed by atoms with Gasteiger partial charge >= 0.3 is 0 Å². The second-order valence-electron chi connectivity index (χ2n) is 6.11. The average molecular weight is 379 g/mol. The summed E-state index contributed by atoms with van der Waals surface area (Å²) in [6.07, 6.45) is 0.0200. The monoisotopic (exact) mass is 379 g/mol. The van der Waals surface area contributed by atoms with E-state index in [1.165, 1.54) is 6.07 Å². The zero-order chi connectivity index (χ0) is 19.3. The molecule has 2 rings (SSSR count). The zero-order valence-corrected chi connectivity index (χ0v) is 16.5. The van der Waals surface area contributed by atoms with Gasteiger partial charge in [-0.25, -0.2) is 13.1 Å². The van der Waals surface area contributed by atoms with Gasteiger partial charge in [-0.2, -0.15) is 0 Å². The van der Waals surface area contributed by atoms with Crippen LogP contribution in [-0.4, -0.2) is 28.7 Å². The summed E-state index contributed by atoms with van der Waals surface area (Å²) in [7, 11) is -0.530. The third-order valence-corrected chi connectivity index (χ3v) is 5.13.